The van der Waals surface area contributed by atoms with E-state index in [0.29, 0.717) is 6.42 Å². The van der Waals surface area contributed by atoms with Gasteiger partial charge in [0.25, 0.3) is 0 Å². The first kappa shape index (κ1) is 22.6. The topological polar surface area (TPSA) is 72.8 Å². The average Bonchev–Trinajstić information content (AvgIpc) is 2.47. The molecule has 0 saturated heterocycles. The van der Waals surface area contributed by atoms with Crippen molar-refractivity contribution in [3.63, 3.8) is 0 Å². The molecule has 0 spiro atoms. The maximum Gasteiger partial charge on any atom is 0.330 e. The van der Waals surface area contributed by atoms with Crippen molar-refractivity contribution in [2.45, 2.75) is 67.4 Å². The highest BCUT2D eigenvalue weighted by atomic mass is 16.6. The van der Waals surface area contributed by atoms with E-state index in [1.54, 1.807) is 0 Å². The Morgan fingerprint density at radius 2 is 1.58 bits per heavy atom. The van der Waals surface area contributed by atoms with Gasteiger partial charge in [0.2, 0.25) is 0 Å². The minimum atomic E-state index is -1.05. The predicted molar refractivity (Wildman–Crippen MR) is 94.4 cm³/mol. The van der Waals surface area contributed by atoms with E-state index in [1.165, 1.54) is 0 Å². The highest BCUT2D eigenvalue weighted by Gasteiger charge is 2.49. The third kappa shape index (κ3) is 6.63. The van der Waals surface area contributed by atoms with Gasteiger partial charge >= 0.3 is 11.9 Å². The minimum absolute atomic E-state index is 0.0433. The summed E-state index contributed by atoms with van der Waals surface area (Å²) < 4.78 is 10.1. The summed E-state index contributed by atoms with van der Waals surface area (Å²) in [4.78, 5) is 23.8. The fraction of sp³-hybridized carbons (Fsp3) is 0.789. The number of rotatable bonds is 9. The van der Waals surface area contributed by atoms with Crippen LogP contribution in [0.1, 0.15) is 61.3 Å². The molecular weight excluding hydrogens is 308 g/mol. The highest BCUT2D eigenvalue weighted by molar-refractivity contribution is 5.81. The molecule has 0 fully saturated rings. The first-order valence-corrected chi connectivity index (χ1v) is 8.43. The Hall–Kier alpha value is -1.36. The van der Waals surface area contributed by atoms with E-state index in [9.17, 15) is 14.7 Å². The molecule has 140 valence electrons. The molecule has 0 aliphatic carbocycles. The summed E-state index contributed by atoms with van der Waals surface area (Å²) >= 11 is 0. The number of hydrogen-bond donors (Lipinski definition) is 1. The first-order valence-electron chi connectivity index (χ1n) is 8.43. The lowest BCUT2D eigenvalue weighted by atomic mass is 9.59. The van der Waals surface area contributed by atoms with Gasteiger partial charge in [-0.05, 0) is 30.6 Å². The summed E-state index contributed by atoms with van der Waals surface area (Å²) in [6.07, 6.45) is 1.46. The second kappa shape index (κ2) is 8.65. The van der Waals surface area contributed by atoms with Crippen molar-refractivity contribution in [3.05, 3.63) is 12.7 Å². The molecule has 0 saturated carbocycles. The third-order valence-corrected chi connectivity index (χ3v) is 4.70. The van der Waals surface area contributed by atoms with Crippen molar-refractivity contribution in [1.82, 2.24) is 0 Å². The summed E-state index contributed by atoms with van der Waals surface area (Å²) in [7, 11) is 0. The number of aliphatic hydroxyl groups excluding tert-OH is 1. The van der Waals surface area contributed by atoms with Crippen molar-refractivity contribution < 1.29 is 24.2 Å². The monoisotopic (exact) mass is 342 g/mol. The number of hydrogen-bond acceptors (Lipinski definition) is 5. The second-order valence-corrected chi connectivity index (χ2v) is 8.39. The van der Waals surface area contributed by atoms with Gasteiger partial charge in [0.15, 0.2) is 0 Å². The molecule has 0 bridgehead atoms. The van der Waals surface area contributed by atoms with Crippen molar-refractivity contribution >= 4 is 11.9 Å². The molecule has 2 unspecified atom stereocenters. The zero-order valence-corrected chi connectivity index (χ0v) is 16.3. The smallest absolute Gasteiger partial charge is 0.330 e. The van der Waals surface area contributed by atoms with Gasteiger partial charge in [0, 0.05) is 6.08 Å². The zero-order valence-electron chi connectivity index (χ0n) is 16.3. The lowest BCUT2D eigenvalue weighted by molar-refractivity contribution is -0.170. The molecule has 1 N–H and O–H groups in total. The van der Waals surface area contributed by atoms with Crippen LogP contribution in [-0.4, -0.2) is 36.4 Å². The van der Waals surface area contributed by atoms with Gasteiger partial charge in [-0.1, -0.05) is 48.1 Å². The van der Waals surface area contributed by atoms with Gasteiger partial charge in [0.05, 0.1) is 5.41 Å². The van der Waals surface area contributed by atoms with Crippen LogP contribution in [0.4, 0.5) is 0 Å². The van der Waals surface area contributed by atoms with Gasteiger partial charge in [-0.2, -0.15) is 0 Å². The van der Waals surface area contributed by atoms with Crippen molar-refractivity contribution in [2.24, 2.45) is 16.2 Å². The van der Waals surface area contributed by atoms with Crippen LogP contribution < -0.4 is 0 Å². The molecule has 24 heavy (non-hydrogen) atoms. The van der Waals surface area contributed by atoms with Gasteiger partial charge in [-0.15, -0.1) is 0 Å². The first-order chi connectivity index (χ1) is 10.8. The fourth-order valence-electron chi connectivity index (χ4n) is 2.66. The van der Waals surface area contributed by atoms with Gasteiger partial charge in [0.1, 0.15) is 19.3 Å². The Bertz CT molecular complexity index is 447. The normalized spacial score (nSPS) is 16.0. The van der Waals surface area contributed by atoms with Crippen LogP contribution in [-0.2, 0) is 19.1 Å². The Balaban J connectivity index is 4.96. The lowest BCUT2D eigenvalue weighted by Crippen LogP contribution is -2.46. The van der Waals surface area contributed by atoms with Crippen LogP contribution in [0.3, 0.4) is 0 Å². The Labute approximate surface area is 146 Å². The van der Waals surface area contributed by atoms with Gasteiger partial charge < -0.3 is 14.6 Å². The van der Waals surface area contributed by atoms with E-state index in [0.717, 1.165) is 12.5 Å². The van der Waals surface area contributed by atoms with Crippen LogP contribution in [0, 0.1) is 16.2 Å². The summed E-state index contributed by atoms with van der Waals surface area (Å²) in [5.74, 6) is -0.955. The van der Waals surface area contributed by atoms with Crippen LogP contribution >= 0.6 is 0 Å². The van der Waals surface area contributed by atoms with Crippen LogP contribution in [0.25, 0.3) is 0 Å². The Kier molecular flexibility index (Phi) is 8.16. The number of ether oxygens (including phenoxy) is 2. The van der Waals surface area contributed by atoms with E-state index in [4.69, 9.17) is 9.47 Å². The molecule has 0 rings (SSSR count). The summed E-state index contributed by atoms with van der Waals surface area (Å²) in [5.41, 5.74) is -0.979. The molecule has 0 aliphatic heterocycles. The number of esters is 2. The maximum atomic E-state index is 12.8. The highest BCUT2D eigenvalue weighted by Crippen LogP contribution is 2.49. The number of carbonyl (C=O) groups is 2. The summed E-state index contributed by atoms with van der Waals surface area (Å²) in [5, 5.41) is 9.81. The molecule has 5 nitrogen and oxygen atoms in total. The third-order valence-electron chi connectivity index (χ3n) is 4.70. The molecule has 0 aromatic carbocycles. The SMILES string of the molecule is C=CC(=O)OCC(O)COC(=O)C(C)(CC(C)(C)C)C(C)(C)CC. The number of carbonyl (C=O) groups excluding carboxylic acids is 2. The van der Waals surface area contributed by atoms with Gasteiger partial charge in [-0.25, -0.2) is 4.79 Å². The number of aliphatic hydroxyl groups is 1. The molecule has 0 aromatic heterocycles. The molecule has 0 heterocycles. The standard InChI is InChI=1S/C19H34O5/c1-9-15(21)23-11-14(20)12-24-16(22)19(8,13-17(3,4)5)18(6,7)10-2/h9,14,20H,1,10-13H2,2-8H3. The maximum absolute atomic E-state index is 12.8. The molecule has 5 heteroatoms. The Morgan fingerprint density at radius 3 is 2.00 bits per heavy atom. The lowest BCUT2D eigenvalue weighted by Gasteiger charge is -2.45. The molecular formula is C19H34O5. The molecule has 0 radical (unpaired) electrons. The van der Waals surface area contributed by atoms with E-state index < -0.39 is 17.5 Å². The predicted octanol–water partition coefficient (Wildman–Crippen LogP) is 3.50. The second-order valence-electron chi connectivity index (χ2n) is 8.39. The quantitative estimate of drug-likeness (QED) is 0.513. The minimum Gasteiger partial charge on any atom is -0.462 e. The van der Waals surface area contributed by atoms with Crippen molar-refractivity contribution in [2.75, 3.05) is 13.2 Å². The molecule has 0 amide bonds. The summed E-state index contributed by atoms with van der Waals surface area (Å²) in [6, 6.07) is 0. The molecule has 2 atom stereocenters. The van der Waals surface area contributed by atoms with Crippen LogP contribution in [0.5, 0.6) is 0 Å². The van der Waals surface area contributed by atoms with Crippen LogP contribution in [0.2, 0.25) is 0 Å². The van der Waals surface area contributed by atoms with Crippen LogP contribution in [0.15, 0.2) is 12.7 Å². The van der Waals surface area contributed by atoms with Crippen molar-refractivity contribution in [3.8, 4) is 0 Å². The zero-order chi connectivity index (χ0) is 19.2. The largest absolute Gasteiger partial charge is 0.462 e. The van der Waals surface area contributed by atoms with E-state index in [2.05, 4.69) is 48.1 Å². The molecule has 0 aliphatic rings. The average molecular weight is 342 g/mol. The fourth-order valence-corrected chi connectivity index (χ4v) is 2.66. The summed E-state index contributed by atoms with van der Waals surface area (Å²) in [6.45, 7) is 17.2. The van der Waals surface area contributed by atoms with Crippen molar-refractivity contribution in [1.29, 1.82) is 0 Å². The Morgan fingerprint density at radius 1 is 1.08 bits per heavy atom. The van der Waals surface area contributed by atoms with E-state index >= 15 is 0 Å². The van der Waals surface area contributed by atoms with E-state index in [1.807, 2.05) is 6.92 Å². The van der Waals surface area contributed by atoms with E-state index in [-0.39, 0.29) is 30.0 Å². The van der Waals surface area contributed by atoms with Gasteiger partial charge in [-0.3, -0.25) is 4.79 Å². The molecule has 0 aromatic rings.